The van der Waals surface area contributed by atoms with E-state index >= 15 is 0 Å². The molecular weight excluding hydrogens is 1160 g/mol. The summed E-state index contributed by atoms with van der Waals surface area (Å²) in [5, 5.41) is 13.4. The van der Waals surface area contributed by atoms with Crippen molar-refractivity contribution in [2.45, 2.75) is 5.60 Å². The van der Waals surface area contributed by atoms with Crippen molar-refractivity contribution in [1.29, 1.82) is 0 Å². The van der Waals surface area contributed by atoms with Crippen molar-refractivity contribution < 1.29 is 5.11 Å². The van der Waals surface area contributed by atoms with Crippen molar-refractivity contribution in [1.82, 2.24) is 9.97 Å². The second-order valence-electron chi connectivity index (χ2n) is 11.4. The van der Waals surface area contributed by atoms with Gasteiger partial charge in [0.25, 0.3) is 0 Å². The van der Waals surface area contributed by atoms with Crippen molar-refractivity contribution in [3.8, 4) is 0 Å². The topological polar surface area (TPSA) is 76.5 Å². The molecule has 8 rings (SSSR count). The molecule has 3 aliphatic heterocycles. The van der Waals surface area contributed by atoms with Crippen molar-refractivity contribution in [2.75, 3.05) is 0 Å². The maximum absolute atomic E-state index is 13.4. The summed E-state index contributed by atoms with van der Waals surface area (Å²) in [5.74, 6) is 0. The predicted molar refractivity (Wildman–Crippen MR) is 230 cm³/mol. The monoisotopic (exact) mass is 1170 g/mol. The van der Waals surface area contributed by atoms with Gasteiger partial charge in [0.15, 0.2) is 5.60 Å². The maximum Gasteiger partial charge on any atom is 0.172 e. The fourth-order valence-corrected chi connectivity index (χ4v) is 10.4. The third-order valence-corrected chi connectivity index (χ3v) is 17.1. The maximum atomic E-state index is 13.4. The van der Waals surface area contributed by atoms with Gasteiger partial charge in [0.1, 0.15) is 11.4 Å². The van der Waals surface area contributed by atoms with E-state index in [0.29, 0.717) is 48.7 Å². The lowest BCUT2D eigenvalue weighted by Crippen LogP contribution is -2.31. The molecule has 5 aromatic rings. The van der Waals surface area contributed by atoms with Gasteiger partial charge in [-0.05, 0) is 144 Å². The molecule has 0 saturated heterocycles. The van der Waals surface area contributed by atoms with Crippen molar-refractivity contribution in [3.05, 3.63) is 178 Å². The van der Waals surface area contributed by atoms with Crippen LogP contribution in [0.25, 0.3) is 11.1 Å². The van der Waals surface area contributed by atoms with Crippen molar-refractivity contribution in [3.63, 3.8) is 0 Å². The van der Waals surface area contributed by atoms with Crippen molar-refractivity contribution >= 4 is 150 Å². The molecule has 50 heavy (non-hydrogen) atoms. The summed E-state index contributed by atoms with van der Waals surface area (Å²) in [5.41, 5.74) is 7.48. The van der Waals surface area contributed by atoms with Gasteiger partial charge in [0, 0.05) is 11.1 Å². The molecule has 0 unspecified atom stereocenters. The largest absolute Gasteiger partial charge is 0.373 e. The fraction of sp³-hybridized carbons (Fsp3) is 0.0270. The zero-order valence-electron chi connectivity index (χ0n) is 25.0. The molecule has 3 aliphatic rings. The summed E-state index contributed by atoms with van der Waals surface area (Å²) in [6, 6.07) is 29.7. The van der Waals surface area contributed by atoms with Crippen LogP contribution >= 0.6 is 127 Å². The van der Waals surface area contributed by atoms with Gasteiger partial charge in [-0.1, -0.05) is 91.0 Å². The second kappa shape index (κ2) is 13.6. The molecule has 3 aromatic carbocycles. The molecule has 0 radical (unpaired) electrons. The standard InChI is InChI=1S/C37H18Br8N4O/c38-21-23(40)33-34-24(41)22(39)30(47-34)20(17-12-6-2-7-13-17)32-26(43)28(45)36(49-32)37(50,18-14-8-3-9-15-18)35-27(44)25(42)31(48-35)19(29(21)46-33)16-10-4-1-5-11-16/h1-15,48-50H/b29-19-,30-20-. The highest BCUT2D eigenvalue weighted by molar-refractivity contribution is 9.15. The van der Waals surface area contributed by atoms with Crippen LogP contribution in [0.4, 0.5) is 0 Å². The van der Waals surface area contributed by atoms with Crippen LogP contribution < -0.4 is 0 Å². The van der Waals surface area contributed by atoms with E-state index in [1.54, 1.807) is 0 Å². The number of aromatic nitrogens is 2. The molecule has 5 heterocycles. The Bertz CT molecular complexity index is 2300. The highest BCUT2D eigenvalue weighted by Crippen LogP contribution is 2.53. The Kier molecular flexibility index (Phi) is 9.63. The molecule has 0 spiro atoms. The van der Waals surface area contributed by atoms with Gasteiger partial charge in [-0.3, -0.25) is 0 Å². The van der Waals surface area contributed by atoms with E-state index in [1.807, 2.05) is 91.0 Å². The van der Waals surface area contributed by atoms with E-state index < -0.39 is 5.60 Å². The summed E-state index contributed by atoms with van der Waals surface area (Å²) >= 11 is 31.1. The first-order valence-electron chi connectivity index (χ1n) is 14.9. The lowest BCUT2D eigenvalue weighted by atomic mass is 9.87. The van der Waals surface area contributed by atoms with E-state index in [1.165, 1.54) is 0 Å². The third kappa shape index (κ3) is 5.43. The van der Waals surface area contributed by atoms with E-state index in [9.17, 15) is 5.11 Å². The minimum absolute atomic E-state index is 0.509. The summed E-state index contributed by atoms with van der Waals surface area (Å²) < 4.78 is 5.76. The number of nitrogens with one attached hydrogen (secondary N) is 2. The first-order chi connectivity index (χ1) is 24.0. The second-order valence-corrected chi connectivity index (χ2v) is 17.8. The Hall–Kier alpha value is -1.68. The average molecular weight is 1170 g/mol. The highest BCUT2D eigenvalue weighted by Gasteiger charge is 2.44. The summed E-state index contributed by atoms with van der Waals surface area (Å²) in [4.78, 5) is 17.9. The zero-order chi connectivity index (χ0) is 35.1. The zero-order valence-corrected chi connectivity index (χ0v) is 37.7. The first kappa shape index (κ1) is 35.4. The quantitative estimate of drug-likeness (QED) is 0.165. The number of rotatable bonds is 3. The number of halogens is 8. The minimum Gasteiger partial charge on any atom is -0.373 e. The summed E-state index contributed by atoms with van der Waals surface area (Å²) in [6.07, 6.45) is 0. The molecule has 13 heteroatoms. The first-order valence-corrected chi connectivity index (χ1v) is 21.2. The predicted octanol–water partition coefficient (Wildman–Crippen LogP) is 13.1. The van der Waals surface area contributed by atoms with Crippen LogP contribution in [-0.2, 0) is 5.60 Å². The lowest BCUT2D eigenvalue weighted by molar-refractivity contribution is 0.115. The molecule has 0 aliphatic carbocycles. The van der Waals surface area contributed by atoms with E-state index in [-0.39, 0.29) is 0 Å². The normalized spacial score (nSPS) is 21.8. The lowest BCUT2D eigenvalue weighted by Gasteiger charge is -2.28. The van der Waals surface area contributed by atoms with Gasteiger partial charge in [0.2, 0.25) is 0 Å². The fourth-order valence-electron chi connectivity index (χ4n) is 6.33. The van der Waals surface area contributed by atoms with E-state index in [4.69, 9.17) is 9.98 Å². The number of aliphatic hydroxyl groups is 1. The van der Waals surface area contributed by atoms with Crippen LogP contribution in [0.2, 0.25) is 0 Å². The number of benzene rings is 3. The number of aromatic amines is 2. The van der Waals surface area contributed by atoms with Gasteiger partial charge >= 0.3 is 0 Å². The van der Waals surface area contributed by atoms with Gasteiger partial charge < -0.3 is 15.1 Å². The number of H-pyrrole nitrogens is 2. The molecule has 5 nitrogen and oxygen atoms in total. The van der Waals surface area contributed by atoms with Gasteiger partial charge in [-0.25, -0.2) is 9.98 Å². The third-order valence-electron chi connectivity index (χ3n) is 8.67. The van der Waals surface area contributed by atoms with Crippen LogP contribution in [0, 0.1) is 0 Å². The van der Waals surface area contributed by atoms with Gasteiger partial charge in [0.05, 0.1) is 70.0 Å². The molecule has 0 amide bonds. The van der Waals surface area contributed by atoms with Crippen LogP contribution in [0.3, 0.4) is 0 Å². The molecule has 2 aromatic heterocycles. The van der Waals surface area contributed by atoms with Crippen LogP contribution in [0.15, 0.2) is 148 Å². The number of allylic oxidation sites excluding steroid dienone is 4. The van der Waals surface area contributed by atoms with Gasteiger partial charge in [-0.15, -0.1) is 0 Å². The molecule has 248 valence electrons. The Morgan fingerprint density at radius 3 is 1.20 bits per heavy atom. The SMILES string of the molecule is OC1(c2ccccc2)c2[nH]c(c(Br)c2Br)/C(c2ccccc2)=C2\N=C(C3=N/C(=C(/c4ccccc4)c4[nH]c1c(Br)c4Br)C(Br)=C3Br)C(Br)=C2Br. The van der Waals surface area contributed by atoms with Crippen LogP contribution in [0.5, 0.6) is 0 Å². The highest BCUT2D eigenvalue weighted by atomic mass is 79.9. The molecule has 3 N–H and O–H groups in total. The summed E-state index contributed by atoms with van der Waals surface area (Å²) in [6.45, 7) is 0. The minimum atomic E-state index is -1.73. The Morgan fingerprint density at radius 1 is 0.460 bits per heavy atom. The Labute approximate surface area is 354 Å². The van der Waals surface area contributed by atoms with Gasteiger partial charge in [-0.2, -0.15) is 0 Å². The van der Waals surface area contributed by atoms with E-state index in [2.05, 4.69) is 137 Å². The summed E-state index contributed by atoms with van der Waals surface area (Å²) in [7, 11) is 0. The number of hydrogen-bond acceptors (Lipinski definition) is 3. The van der Waals surface area contributed by atoms with Crippen LogP contribution in [-0.4, -0.2) is 26.5 Å². The molecule has 0 atom stereocenters. The number of hydrogen-bond donors (Lipinski definition) is 3. The Balaban J connectivity index is 1.59. The van der Waals surface area contributed by atoms with E-state index in [0.717, 1.165) is 60.5 Å². The number of aliphatic imine (C=N–C) groups is 2. The van der Waals surface area contributed by atoms with Crippen LogP contribution in [0.1, 0.15) is 39.5 Å². The number of nitrogens with zero attached hydrogens (tertiary/aromatic N) is 2. The van der Waals surface area contributed by atoms with Crippen molar-refractivity contribution in [2.24, 2.45) is 9.98 Å². The smallest absolute Gasteiger partial charge is 0.172 e. The number of fused-ring (bicyclic) bond motifs is 7. The average Bonchev–Trinajstić information content (AvgIpc) is 3.81. The molecule has 8 bridgehead atoms. The molecular formula is C37H18Br8N4O. The molecule has 0 saturated carbocycles. The Morgan fingerprint density at radius 2 is 0.820 bits per heavy atom. The molecule has 0 fully saturated rings.